The van der Waals surface area contributed by atoms with Gasteiger partial charge in [-0.15, -0.1) is 0 Å². The molecule has 0 aliphatic heterocycles. The van der Waals surface area contributed by atoms with E-state index in [1.807, 2.05) is 0 Å². The van der Waals surface area contributed by atoms with Crippen LogP contribution in [-0.2, 0) is 0 Å². The monoisotopic (exact) mass is 142 g/mol. The molecule has 0 bridgehead atoms. The van der Waals surface area contributed by atoms with Crippen LogP contribution in [0.3, 0.4) is 0 Å². The lowest BCUT2D eigenvalue weighted by molar-refractivity contribution is -0.415. The second-order valence-corrected chi connectivity index (χ2v) is 1.74. The van der Waals surface area contributed by atoms with Crippen LogP contribution in [0.2, 0.25) is 0 Å². The Labute approximate surface area is 59.4 Å². The average Bonchev–Trinajstić information content (AvgIpc) is 1.88. The van der Waals surface area contributed by atoms with Gasteiger partial charge in [0.25, 0.3) is 5.70 Å². The molecule has 0 aromatic heterocycles. The van der Waals surface area contributed by atoms with Crippen molar-refractivity contribution in [3.63, 3.8) is 0 Å². The zero-order valence-electron chi connectivity index (χ0n) is 6.29. The molecule has 0 aromatic rings. The molecule has 0 atom stereocenters. The van der Waals surface area contributed by atoms with Crippen molar-refractivity contribution in [1.82, 2.24) is 0 Å². The summed E-state index contributed by atoms with van der Waals surface area (Å²) in [4.78, 5) is 13.4. The Bertz CT molecular complexity index is 194. The van der Waals surface area contributed by atoms with Gasteiger partial charge < -0.3 is 0 Å². The Kier molecular flexibility index (Phi) is 3.32. The highest BCUT2D eigenvalue weighted by molar-refractivity contribution is 5.95. The minimum atomic E-state index is -0.442. The van der Waals surface area contributed by atoms with Gasteiger partial charge in [0.05, 0.1) is 4.92 Å². The van der Waals surface area contributed by atoms with Crippen molar-refractivity contribution < 1.29 is 4.92 Å². The van der Waals surface area contributed by atoms with Crippen molar-refractivity contribution >= 4 is 5.71 Å². The Balaban J connectivity index is 4.56. The summed E-state index contributed by atoms with van der Waals surface area (Å²) in [6, 6.07) is 0. The van der Waals surface area contributed by atoms with E-state index in [1.54, 1.807) is 13.8 Å². The molecule has 4 heteroatoms. The quantitative estimate of drug-likeness (QED) is 0.331. The first-order valence-electron chi connectivity index (χ1n) is 2.88. The van der Waals surface area contributed by atoms with Gasteiger partial charge in [-0.05, 0) is 19.9 Å². The van der Waals surface area contributed by atoms with Crippen LogP contribution in [0, 0.1) is 10.1 Å². The van der Waals surface area contributed by atoms with Crippen LogP contribution in [0.4, 0.5) is 0 Å². The summed E-state index contributed by atoms with van der Waals surface area (Å²) >= 11 is 0. The molecule has 0 spiro atoms. The molecule has 0 rings (SSSR count). The molecule has 10 heavy (non-hydrogen) atoms. The SMILES string of the molecule is C/C=C(\C(C)=NC)[N+](=O)[O-]. The van der Waals surface area contributed by atoms with E-state index >= 15 is 0 Å². The maximum absolute atomic E-state index is 10.2. The van der Waals surface area contributed by atoms with Gasteiger partial charge in [-0.1, -0.05) is 0 Å². The Hall–Kier alpha value is -1.19. The van der Waals surface area contributed by atoms with E-state index in [0.29, 0.717) is 5.71 Å². The topological polar surface area (TPSA) is 55.5 Å². The number of aliphatic imine (C=N–C) groups is 1. The van der Waals surface area contributed by atoms with Crippen LogP contribution in [0.15, 0.2) is 16.8 Å². The number of nitro groups is 1. The van der Waals surface area contributed by atoms with Crippen molar-refractivity contribution in [3.8, 4) is 0 Å². The fraction of sp³-hybridized carbons (Fsp3) is 0.500. The minimum absolute atomic E-state index is 0.0718. The van der Waals surface area contributed by atoms with Crippen LogP contribution in [-0.4, -0.2) is 17.7 Å². The van der Waals surface area contributed by atoms with Crippen LogP contribution in [0.1, 0.15) is 13.8 Å². The van der Waals surface area contributed by atoms with Gasteiger partial charge in [0, 0.05) is 7.05 Å². The van der Waals surface area contributed by atoms with Crippen molar-refractivity contribution in [1.29, 1.82) is 0 Å². The fourth-order valence-corrected chi connectivity index (χ4v) is 0.561. The molecule has 0 saturated carbocycles. The molecule has 0 aliphatic rings. The van der Waals surface area contributed by atoms with Gasteiger partial charge in [0.2, 0.25) is 0 Å². The van der Waals surface area contributed by atoms with Crippen molar-refractivity contribution in [3.05, 3.63) is 21.9 Å². The first-order valence-corrected chi connectivity index (χ1v) is 2.88. The summed E-state index contributed by atoms with van der Waals surface area (Å²) in [6.07, 6.45) is 1.43. The average molecular weight is 142 g/mol. The fourth-order valence-electron chi connectivity index (χ4n) is 0.561. The lowest BCUT2D eigenvalue weighted by Gasteiger charge is -1.93. The zero-order valence-corrected chi connectivity index (χ0v) is 6.29. The number of hydrogen-bond acceptors (Lipinski definition) is 3. The van der Waals surface area contributed by atoms with Crippen molar-refractivity contribution in [2.24, 2.45) is 4.99 Å². The molecule has 56 valence electrons. The van der Waals surface area contributed by atoms with E-state index in [0.717, 1.165) is 0 Å². The van der Waals surface area contributed by atoms with Gasteiger partial charge in [-0.2, -0.15) is 0 Å². The van der Waals surface area contributed by atoms with Gasteiger partial charge in [-0.3, -0.25) is 15.1 Å². The van der Waals surface area contributed by atoms with Gasteiger partial charge in [0.15, 0.2) is 0 Å². The molecule has 4 nitrogen and oxygen atoms in total. The summed E-state index contributed by atoms with van der Waals surface area (Å²) in [5, 5.41) is 10.2. The van der Waals surface area contributed by atoms with Crippen LogP contribution in [0.25, 0.3) is 0 Å². The molecule has 0 fully saturated rings. The van der Waals surface area contributed by atoms with E-state index < -0.39 is 4.92 Å². The Morgan fingerprint density at radius 2 is 2.20 bits per heavy atom. The molecule has 0 saturated heterocycles. The van der Waals surface area contributed by atoms with Gasteiger partial charge >= 0.3 is 0 Å². The molecule has 0 N–H and O–H groups in total. The van der Waals surface area contributed by atoms with E-state index in [1.165, 1.54) is 13.1 Å². The summed E-state index contributed by atoms with van der Waals surface area (Å²) < 4.78 is 0. The third-order valence-corrected chi connectivity index (χ3v) is 1.18. The molecule has 0 amide bonds. The third kappa shape index (κ3) is 1.97. The summed E-state index contributed by atoms with van der Waals surface area (Å²) in [7, 11) is 1.53. The van der Waals surface area contributed by atoms with Crippen LogP contribution < -0.4 is 0 Å². The van der Waals surface area contributed by atoms with Crippen molar-refractivity contribution in [2.45, 2.75) is 13.8 Å². The zero-order chi connectivity index (χ0) is 8.15. The Morgan fingerprint density at radius 3 is 2.30 bits per heavy atom. The molecule has 0 radical (unpaired) electrons. The predicted octanol–water partition coefficient (Wildman–Crippen LogP) is 1.26. The Morgan fingerprint density at radius 1 is 1.70 bits per heavy atom. The van der Waals surface area contributed by atoms with E-state index in [9.17, 15) is 10.1 Å². The largest absolute Gasteiger partial charge is 0.286 e. The summed E-state index contributed by atoms with van der Waals surface area (Å²) in [5.74, 6) is 0. The highest BCUT2D eigenvalue weighted by atomic mass is 16.6. The standard InChI is InChI=1S/C6H10N2O2/c1-4-6(8(9)10)5(2)7-3/h4H,1-3H3/b6-4+,7-5?. The van der Waals surface area contributed by atoms with Crippen molar-refractivity contribution in [2.75, 3.05) is 7.05 Å². The number of hydrogen-bond donors (Lipinski definition) is 0. The lowest BCUT2D eigenvalue weighted by atomic mass is 10.3. The predicted molar refractivity (Wildman–Crippen MR) is 39.8 cm³/mol. The maximum atomic E-state index is 10.2. The first-order chi connectivity index (χ1) is 4.63. The normalized spacial score (nSPS) is 13.5. The number of nitrogens with zero attached hydrogens (tertiary/aromatic N) is 2. The molecular weight excluding hydrogens is 132 g/mol. The van der Waals surface area contributed by atoms with E-state index in [4.69, 9.17) is 0 Å². The van der Waals surface area contributed by atoms with Crippen LogP contribution >= 0.6 is 0 Å². The van der Waals surface area contributed by atoms with E-state index in [2.05, 4.69) is 4.99 Å². The van der Waals surface area contributed by atoms with E-state index in [-0.39, 0.29) is 5.70 Å². The molecule has 0 unspecified atom stereocenters. The smallest absolute Gasteiger partial charge is 0.285 e. The lowest BCUT2D eigenvalue weighted by Crippen LogP contribution is -2.07. The molecule has 0 aromatic carbocycles. The maximum Gasteiger partial charge on any atom is 0.285 e. The third-order valence-electron chi connectivity index (χ3n) is 1.18. The minimum Gasteiger partial charge on any atom is -0.286 e. The number of allylic oxidation sites excluding steroid dienone is 2. The molecule has 0 aliphatic carbocycles. The second kappa shape index (κ2) is 3.76. The second-order valence-electron chi connectivity index (χ2n) is 1.74. The highest BCUT2D eigenvalue weighted by Crippen LogP contribution is 1.97. The van der Waals surface area contributed by atoms with Gasteiger partial charge in [0.1, 0.15) is 5.71 Å². The van der Waals surface area contributed by atoms with Gasteiger partial charge in [-0.25, -0.2) is 0 Å². The highest BCUT2D eigenvalue weighted by Gasteiger charge is 2.10. The number of rotatable bonds is 2. The summed E-state index contributed by atoms with van der Waals surface area (Å²) in [6.45, 7) is 3.23. The first kappa shape index (κ1) is 8.81. The van der Waals surface area contributed by atoms with Crippen LogP contribution in [0.5, 0.6) is 0 Å². The summed E-state index contributed by atoms with van der Waals surface area (Å²) in [5.41, 5.74) is 0.523. The molecular formula is C6H10N2O2. The molecule has 0 heterocycles.